The maximum atomic E-state index is 5.91. The molecule has 24 heavy (non-hydrogen) atoms. The van der Waals surface area contributed by atoms with Gasteiger partial charge in [-0.15, -0.1) is 0 Å². The van der Waals surface area contributed by atoms with Crippen LogP contribution in [0.3, 0.4) is 0 Å². The number of para-hydroxylation sites is 1. The van der Waals surface area contributed by atoms with Crippen LogP contribution in [0.25, 0.3) is 0 Å². The van der Waals surface area contributed by atoms with Crippen molar-refractivity contribution in [2.45, 2.75) is 25.8 Å². The topological polar surface area (TPSA) is 33.3 Å². The van der Waals surface area contributed by atoms with Gasteiger partial charge in [0.1, 0.15) is 5.75 Å². The highest BCUT2D eigenvalue weighted by atomic mass is 35.5. The molecule has 0 aliphatic carbocycles. The van der Waals surface area contributed by atoms with Crippen LogP contribution < -0.4 is 15.4 Å². The van der Waals surface area contributed by atoms with Gasteiger partial charge in [0.2, 0.25) is 0 Å². The Morgan fingerprint density at radius 2 is 1.75 bits per heavy atom. The Morgan fingerprint density at radius 1 is 1.00 bits per heavy atom. The molecule has 0 aliphatic heterocycles. The quantitative estimate of drug-likeness (QED) is 0.643. The average molecular weight is 347 g/mol. The van der Waals surface area contributed by atoms with Crippen LogP contribution in [0.1, 0.15) is 18.1 Å². The summed E-state index contributed by atoms with van der Waals surface area (Å²) in [7, 11) is 1.72. The summed E-state index contributed by atoms with van der Waals surface area (Å²) in [5.41, 5.74) is 2.56. The molecule has 4 heteroatoms. The summed E-state index contributed by atoms with van der Waals surface area (Å²) < 4.78 is 5.37. The van der Waals surface area contributed by atoms with Gasteiger partial charge in [0.25, 0.3) is 0 Å². The molecule has 0 bridgehead atoms. The molecule has 3 nitrogen and oxygen atoms in total. The summed E-state index contributed by atoms with van der Waals surface area (Å²) in [6.07, 6.45) is 1.99. The first kappa shape index (κ1) is 18.8. The van der Waals surface area contributed by atoms with Gasteiger partial charge >= 0.3 is 0 Å². The minimum Gasteiger partial charge on any atom is -0.496 e. The molecule has 0 saturated heterocycles. The van der Waals surface area contributed by atoms with Crippen LogP contribution in [0.2, 0.25) is 5.02 Å². The maximum absolute atomic E-state index is 5.91. The molecule has 0 amide bonds. The Labute approximate surface area is 150 Å². The van der Waals surface area contributed by atoms with E-state index in [0.29, 0.717) is 6.04 Å². The summed E-state index contributed by atoms with van der Waals surface area (Å²) in [6.45, 7) is 5.08. The third-order valence-corrected chi connectivity index (χ3v) is 4.27. The number of nitrogens with one attached hydrogen (secondary N) is 2. The van der Waals surface area contributed by atoms with Crippen molar-refractivity contribution in [1.82, 2.24) is 10.6 Å². The van der Waals surface area contributed by atoms with Crippen LogP contribution in [0.15, 0.2) is 48.5 Å². The van der Waals surface area contributed by atoms with E-state index >= 15 is 0 Å². The van der Waals surface area contributed by atoms with Crippen molar-refractivity contribution in [3.05, 3.63) is 64.7 Å². The molecule has 0 spiro atoms. The number of rotatable bonds is 10. The Morgan fingerprint density at radius 3 is 2.50 bits per heavy atom. The van der Waals surface area contributed by atoms with Crippen molar-refractivity contribution >= 4 is 11.6 Å². The summed E-state index contributed by atoms with van der Waals surface area (Å²) in [5.74, 6) is 0.967. The highest BCUT2D eigenvalue weighted by molar-refractivity contribution is 6.30. The number of hydrogen-bond donors (Lipinski definition) is 2. The molecule has 2 aromatic rings. The van der Waals surface area contributed by atoms with Gasteiger partial charge in [-0.2, -0.15) is 0 Å². The molecule has 1 unspecified atom stereocenters. The number of halogens is 1. The van der Waals surface area contributed by atoms with E-state index in [1.165, 1.54) is 11.1 Å². The van der Waals surface area contributed by atoms with Crippen molar-refractivity contribution in [2.24, 2.45) is 0 Å². The van der Waals surface area contributed by atoms with Crippen molar-refractivity contribution < 1.29 is 4.74 Å². The first-order valence-electron chi connectivity index (χ1n) is 8.49. The van der Waals surface area contributed by atoms with E-state index in [2.05, 4.69) is 41.8 Å². The Kier molecular flexibility index (Phi) is 8.10. The van der Waals surface area contributed by atoms with E-state index in [4.69, 9.17) is 16.3 Å². The minimum absolute atomic E-state index is 0.446. The van der Waals surface area contributed by atoms with E-state index in [1.54, 1.807) is 7.11 Å². The first-order chi connectivity index (χ1) is 11.7. The highest BCUT2D eigenvalue weighted by Crippen LogP contribution is 2.17. The molecule has 1 atom stereocenters. The zero-order valence-corrected chi connectivity index (χ0v) is 15.3. The van der Waals surface area contributed by atoms with Crippen LogP contribution in [0, 0.1) is 0 Å². The third kappa shape index (κ3) is 6.52. The van der Waals surface area contributed by atoms with Gasteiger partial charge in [0, 0.05) is 24.2 Å². The molecule has 2 aromatic carbocycles. The lowest BCUT2D eigenvalue weighted by atomic mass is 10.1. The second kappa shape index (κ2) is 10.3. The van der Waals surface area contributed by atoms with Gasteiger partial charge in [0.05, 0.1) is 7.11 Å². The van der Waals surface area contributed by atoms with Crippen LogP contribution >= 0.6 is 11.6 Å². The first-order valence-corrected chi connectivity index (χ1v) is 8.87. The lowest BCUT2D eigenvalue weighted by Gasteiger charge is -2.14. The number of benzene rings is 2. The van der Waals surface area contributed by atoms with Gasteiger partial charge < -0.3 is 15.4 Å². The Balaban J connectivity index is 1.58. The molecule has 0 aromatic heterocycles. The molecule has 0 heterocycles. The molecule has 2 N–H and O–H groups in total. The monoisotopic (exact) mass is 346 g/mol. The maximum Gasteiger partial charge on any atom is 0.122 e. The smallest absolute Gasteiger partial charge is 0.122 e. The van der Waals surface area contributed by atoms with Crippen molar-refractivity contribution in [3.63, 3.8) is 0 Å². The SMILES string of the molecule is COc1ccccc1CCNCCNC(C)Cc1ccc(Cl)cc1. The van der Waals surface area contributed by atoms with Gasteiger partial charge in [0.15, 0.2) is 0 Å². The molecular formula is C20H27ClN2O. The minimum atomic E-state index is 0.446. The number of methoxy groups -OCH3 is 1. The molecule has 0 radical (unpaired) electrons. The molecule has 130 valence electrons. The lowest BCUT2D eigenvalue weighted by molar-refractivity contribution is 0.409. The van der Waals surface area contributed by atoms with Crippen LogP contribution in [0.5, 0.6) is 5.75 Å². The fourth-order valence-electron chi connectivity index (χ4n) is 2.71. The van der Waals surface area contributed by atoms with E-state index in [9.17, 15) is 0 Å². The van der Waals surface area contributed by atoms with E-state index in [-0.39, 0.29) is 0 Å². The molecular weight excluding hydrogens is 320 g/mol. The average Bonchev–Trinajstić information content (AvgIpc) is 2.60. The second-order valence-electron chi connectivity index (χ2n) is 6.00. The number of ether oxygens (including phenoxy) is 1. The molecule has 0 aliphatic rings. The van der Waals surface area contributed by atoms with Gasteiger partial charge in [-0.3, -0.25) is 0 Å². The summed E-state index contributed by atoms with van der Waals surface area (Å²) >= 11 is 5.91. The van der Waals surface area contributed by atoms with Gasteiger partial charge in [-0.25, -0.2) is 0 Å². The zero-order chi connectivity index (χ0) is 17.2. The predicted octanol–water partition coefficient (Wildman–Crippen LogP) is 3.70. The Bertz CT molecular complexity index is 601. The van der Waals surface area contributed by atoms with Crippen molar-refractivity contribution in [1.29, 1.82) is 0 Å². The number of hydrogen-bond acceptors (Lipinski definition) is 3. The zero-order valence-electron chi connectivity index (χ0n) is 14.5. The van der Waals surface area contributed by atoms with Crippen LogP contribution in [-0.2, 0) is 12.8 Å². The summed E-state index contributed by atoms with van der Waals surface area (Å²) in [4.78, 5) is 0. The van der Waals surface area contributed by atoms with Crippen molar-refractivity contribution in [3.8, 4) is 5.75 Å². The summed E-state index contributed by atoms with van der Waals surface area (Å²) in [6, 6.07) is 16.7. The van der Waals surface area contributed by atoms with Gasteiger partial charge in [-0.05, 0) is 55.6 Å². The normalized spacial score (nSPS) is 12.1. The molecule has 0 saturated carbocycles. The van der Waals surface area contributed by atoms with Gasteiger partial charge in [-0.1, -0.05) is 41.9 Å². The highest BCUT2D eigenvalue weighted by Gasteiger charge is 2.03. The van der Waals surface area contributed by atoms with Crippen molar-refractivity contribution in [2.75, 3.05) is 26.7 Å². The van der Waals surface area contributed by atoms with Crippen LogP contribution in [-0.4, -0.2) is 32.8 Å². The largest absolute Gasteiger partial charge is 0.496 e. The second-order valence-corrected chi connectivity index (χ2v) is 6.43. The predicted molar refractivity (Wildman–Crippen MR) is 102 cm³/mol. The van der Waals surface area contributed by atoms with E-state index < -0.39 is 0 Å². The Hall–Kier alpha value is -1.55. The fraction of sp³-hybridized carbons (Fsp3) is 0.400. The molecule has 0 fully saturated rings. The van der Waals surface area contributed by atoms with E-state index in [1.807, 2.05) is 24.3 Å². The summed E-state index contributed by atoms with van der Waals surface area (Å²) in [5, 5.41) is 7.81. The van der Waals surface area contributed by atoms with Crippen LogP contribution in [0.4, 0.5) is 0 Å². The lowest BCUT2D eigenvalue weighted by Crippen LogP contribution is -2.35. The fourth-order valence-corrected chi connectivity index (χ4v) is 2.84. The third-order valence-electron chi connectivity index (χ3n) is 4.01. The standard InChI is InChI=1S/C20H27ClN2O/c1-16(15-17-7-9-19(21)10-8-17)23-14-13-22-12-11-18-5-3-4-6-20(18)24-2/h3-10,16,22-23H,11-15H2,1-2H3. The van der Waals surface area contributed by atoms with E-state index in [0.717, 1.165) is 43.2 Å². The molecule has 2 rings (SSSR count).